The number of hydrogen-bond donors (Lipinski definition) is 2. The molecule has 0 radical (unpaired) electrons. The molecule has 0 aliphatic heterocycles. The highest BCUT2D eigenvalue weighted by Gasteiger charge is 2.14. The van der Waals surface area contributed by atoms with Crippen LogP contribution in [0.4, 0.5) is 0 Å². The minimum absolute atomic E-state index is 0.0905. The van der Waals surface area contributed by atoms with E-state index >= 15 is 0 Å². The molecule has 0 aliphatic rings. The Bertz CT molecular complexity index is 429. The summed E-state index contributed by atoms with van der Waals surface area (Å²) in [5.41, 5.74) is 1.52. The van der Waals surface area contributed by atoms with Crippen LogP contribution in [0.25, 0.3) is 0 Å². The highest BCUT2D eigenvalue weighted by atomic mass is 79.9. The number of halogens is 1. The second-order valence-electron chi connectivity index (χ2n) is 3.77. The smallest absolute Gasteiger partial charge is 0.303 e. The van der Waals surface area contributed by atoms with Crippen molar-refractivity contribution in [2.45, 2.75) is 26.2 Å². The van der Waals surface area contributed by atoms with Gasteiger partial charge in [0.2, 0.25) is 0 Å². The third-order valence-electron chi connectivity index (χ3n) is 2.56. The minimum Gasteiger partial charge on any atom is -0.504 e. The Morgan fingerprint density at radius 1 is 1.53 bits per heavy atom. The van der Waals surface area contributed by atoms with Crippen LogP contribution in [0, 0.1) is 6.92 Å². The first-order valence-electron chi connectivity index (χ1n) is 5.24. The monoisotopic (exact) mass is 302 g/mol. The number of aryl methyl sites for hydroxylation is 1. The fraction of sp³-hybridized carbons (Fsp3) is 0.417. The Morgan fingerprint density at radius 2 is 2.18 bits per heavy atom. The molecule has 0 saturated heterocycles. The Morgan fingerprint density at radius 3 is 2.71 bits per heavy atom. The van der Waals surface area contributed by atoms with Gasteiger partial charge in [-0.05, 0) is 31.4 Å². The molecule has 0 amide bonds. The molecule has 0 atom stereocenters. The Kier molecular flexibility index (Phi) is 4.81. The Hall–Kier alpha value is -1.23. The number of carboxylic acid groups (broad SMARTS) is 1. The van der Waals surface area contributed by atoms with Crippen molar-refractivity contribution in [3.8, 4) is 11.5 Å². The molecule has 0 unspecified atom stereocenters. The van der Waals surface area contributed by atoms with Gasteiger partial charge in [0.25, 0.3) is 0 Å². The van der Waals surface area contributed by atoms with Crippen molar-refractivity contribution in [3.63, 3.8) is 0 Å². The first-order chi connectivity index (χ1) is 7.97. The number of aliphatic carboxylic acids is 1. The van der Waals surface area contributed by atoms with Crippen LogP contribution in [0.1, 0.15) is 24.0 Å². The van der Waals surface area contributed by atoms with E-state index in [1.165, 1.54) is 7.11 Å². The molecule has 2 N–H and O–H groups in total. The van der Waals surface area contributed by atoms with E-state index in [9.17, 15) is 9.90 Å². The molecule has 0 aliphatic carbocycles. The van der Waals surface area contributed by atoms with Crippen LogP contribution in [0.5, 0.6) is 11.5 Å². The maximum absolute atomic E-state index is 10.4. The summed E-state index contributed by atoms with van der Waals surface area (Å²) in [5, 5.41) is 18.5. The van der Waals surface area contributed by atoms with Crippen molar-refractivity contribution in [2.75, 3.05) is 7.11 Å². The average Bonchev–Trinajstić information content (AvgIpc) is 2.26. The van der Waals surface area contributed by atoms with E-state index in [1.807, 2.05) is 6.92 Å². The summed E-state index contributed by atoms with van der Waals surface area (Å²) >= 11 is 3.39. The zero-order valence-corrected chi connectivity index (χ0v) is 11.4. The van der Waals surface area contributed by atoms with E-state index in [4.69, 9.17) is 9.84 Å². The van der Waals surface area contributed by atoms with Crippen LogP contribution in [-0.2, 0) is 11.2 Å². The fourth-order valence-corrected chi connectivity index (χ4v) is 2.09. The first-order valence-corrected chi connectivity index (χ1v) is 6.03. The number of carboxylic acids is 1. The molecule has 0 aromatic heterocycles. The molecule has 0 saturated carbocycles. The lowest BCUT2D eigenvalue weighted by atomic mass is 10.0. The number of ether oxygens (including phenoxy) is 1. The molecular formula is C12H15BrO4. The van der Waals surface area contributed by atoms with Crippen LogP contribution in [0.3, 0.4) is 0 Å². The van der Waals surface area contributed by atoms with Gasteiger partial charge >= 0.3 is 5.97 Å². The predicted molar refractivity (Wildman–Crippen MR) is 67.7 cm³/mol. The number of benzene rings is 1. The largest absolute Gasteiger partial charge is 0.504 e. The summed E-state index contributed by atoms with van der Waals surface area (Å²) in [6, 6.07) is 1.80. The van der Waals surface area contributed by atoms with Gasteiger partial charge in [0.15, 0.2) is 11.5 Å². The number of carbonyl (C=O) groups is 1. The zero-order chi connectivity index (χ0) is 13.0. The second kappa shape index (κ2) is 5.91. The van der Waals surface area contributed by atoms with E-state index in [2.05, 4.69) is 15.9 Å². The standard InChI is InChI=1S/C12H15BrO4/c1-7-9(13)6-8(4-3-5-10(14)15)11(16)12(7)17-2/h6,16H,3-5H2,1-2H3,(H,14,15). The molecule has 0 heterocycles. The van der Waals surface area contributed by atoms with Crippen molar-refractivity contribution in [2.24, 2.45) is 0 Å². The quantitative estimate of drug-likeness (QED) is 0.877. The van der Waals surface area contributed by atoms with Crippen LogP contribution in [-0.4, -0.2) is 23.3 Å². The Balaban J connectivity index is 2.93. The maximum atomic E-state index is 10.4. The molecule has 17 heavy (non-hydrogen) atoms. The van der Waals surface area contributed by atoms with Crippen LogP contribution >= 0.6 is 15.9 Å². The number of aromatic hydroxyl groups is 1. The lowest BCUT2D eigenvalue weighted by Gasteiger charge is -2.13. The van der Waals surface area contributed by atoms with E-state index in [0.717, 1.165) is 10.0 Å². The van der Waals surface area contributed by atoms with E-state index in [-0.39, 0.29) is 12.2 Å². The van der Waals surface area contributed by atoms with Crippen LogP contribution in [0.2, 0.25) is 0 Å². The summed E-state index contributed by atoms with van der Waals surface area (Å²) in [4.78, 5) is 10.4. The number of methoxy groups -OCH3 is 1. The summed E-state index contributed by atoms with van der Waals surface area (Å²) in [6.45, 7) is 1.84. The summed E-state index contributed by atoms with van der Waals surface area (Å²) in [6.07, 6.45) is 1.09. The second-order valence-corrected chi connectivity index (χ2v) is 4.63. The number of hydrogen-bond acceptors (Lipinski definition) is 3. The van der Waals surface area contributed by atoms with Gasteiger partial charge in [-0.1, -0.05) is 15.9 Å². The third-order valence-corrected chi connectivity index (χ3v) is 3.38. The van der Waals surface area contributed by atoms with E-state index < -0.39 is 5.97 Å². The van der Waals surface area contributed by atoms with Gasteiger partial charge in [0.1, 0.15) is 0 Å². The van der Waals surface area contributed by atoms with Crippen molar-refractivity contribution < 1.29 is 19.7 Å². The molecule has 5 heteroatoms. The normalized spacial score (nSPS) is 10.3. The summed E-state index contributed by atoms with van der Waals surface area (Å²) in [7, 11) is 1.50. The van der Waals surface area contributed by atoms with Gasteiger partial charge in [-0.25, -0.2) is 0 Å². The highest BCUT2D eigenvalue weighted by Crippen LogP contribution is 2.38. The van der Waals surface area contributed by atoms with Gasteiger partial charge in [-0.15, -0.1) is 0 Å². The summed E-state index contributed by atoms with van der Waals surface area (Å²) < 4.78 is 5.97. The van der Waals surface area contributed by atoms with Gasteiger partial charge in [-0.3, -0.25) is 4.79 Å². The lowest BCUT2D eigenvalue weighted by Crippen LogP contribution is -1.98. The molecule has 0 spiro atoms. The Labute approximate surface area is 108 Å². The van der Waals surface area contributed by atoms with Gasteiger partial charge in [0, 0.05) is 16.5 Å². The van der Waals surface area contributed by atoms with Crippen LogP contribution < -0.4 is 4.74 Å². The first kappa shape index (κ1) is 13.8. The van der Waals surface area contributed by atoms with Crippen LogP contribution in [0.15, 0.2) is 10.5 Å². The van der Waals surface area contributed by atoms with Crippen molar-refractivity contribution in [1.82, 2.24) is 0 Å². The summed E-state index contributed by atoms with van der Waals surface area (Å²) in [5.74, 6) is -0.300. The van der Waals surface area contributed by atoms with Gasteiger partial charge in [-0.2, -0.15) is 0 Å². The van der Waals surface area contributed by atoms with E-state index in [1.54, 1.807) is 6.07 Å². The zero-order valence-electron chi connectivity index (χ0n) is 9.79. The molecule has 0 bridgehead atoms. The van der Waals surface area contributed by atoms with Crippen molar-refractivity contribution in [1.29, 1.82) is 0 Å². The molecule has 1 rings (SSSR count). The molecule has 4 nitrogen and oxygen atoms in total. The van der Waals surface area contributed by atoms with Crippen molar-refractivity contribution in [3.05, 3.63) is 21.7 Å². The average molecular weight is 303 g/mol. The molecule has 94 valence electrons. The number of phenolic OH excluding ortho intramolecular Hbond substituents is 1. The predicted octanol–water partition coefficient (Wildman–Crippen LogP) is 2.88. The van der Waals surface area contributed by atoms with Gasteiger partial charge in [0.05, 0.1) is 7.11 Å². The van der Waals surface area contributed by atoms with Gasteiger partial charge < -0.3 is 14.9 Å². The van der Waals surface area contributed by atoms with E-state index in [0.29, 0.717) is 24.2 Å². The maximum Gasteiger partial charge on any atom is 0.303 e. The number of phenols is 1. The molecule has 0 fully saturated rings. The SMILES string of the molecule is COc1c(C)c(Br)cc(CCCC(=O)O)c1O. The minimum atomic E-state index is -0.831. The fourth-order valence-electron chi connectivity index (χ4n) is 1.63. The molecule has 1 aromatic carbocycles. The number of rotatable bonds is 5. The lowest BCUT2D eigenvalue weighted by molar-refractivity contribution is -0.137. The third kappa shape index (κ3) is 3.36. The van der Waals surface area contributed by atoms with Crippen molar-refractivity contribution >= 4 is 21.9 Å². The highest BCUT2D eigenvalue weighted by molar-refractivity contribution is 9.10. The molecular weight excluding hydrogens is 288 g/mol. The molecule has 1 aromatic rings. The topological polar surface area (TPSA) is 66.8 Å².